The first-order valence-electron chi connectivity index (χ1n) is 2.51. The Labute approximate surface area is 68.3 Å². The first-order valence-corrected chi connectivity index (χ1v) is 4.68. The normalized spacial score (nSPS) is 17.8. The molecule has 2 unspecified atom stereocenters. The van der Waals surface area contributed by atoms with Crippen molar-refractivity contribution >= 4 is 22.4 Å². The van der Waals surface area contributed by atoms with Gasteiger partial charge in [0.05, 0.1) is 6.10 Å². The van der Waals surface area contributed by atoms with E-state index in [1.807, 2.05) is 0 Å². The Morgan fingerprint density at radius 2 is 1.91 bits per heavy atom. The van der Waals surface area contributed by atoms with Crippen molar-refractivity contribution in [3.8, 4) is 0 Å². The first-order chi connectivity index (χ1) is 4.83. The van der Waals surface area contributed by atoms with Gasteiger partial charge in [-0.1, -0.05) is 0 Å². The fraction of sp³-hybridized carbons (Fsp3) is 1.00. The standard InChI is InChI=1S/C3H8O6S2/c1-2(4)3(5)10-9-11(6,7)8/h2-5H,1H3,(H,6,7,8). The molecule has 68 valence electrons. The minimum absolute atomic E-state index is 0.0590. The lowest BCUT2D eigenvalue weighted by Crippen LogP contribution is -2.19. The zero-order valence-corrected chi connectivity index (χ0v) is 7.17. The van der Waals surface area contributed by atoms with Crippen LogP contribution in [0.15, 0.2) is 0 Å². The number of hydrogen-bond donors (Lipinski definition) is 3. The van der Waals surface area contributed by atoms with Gasteiger partial charge in [0.2, 0.25) is 0 Å². The average molecular weight is 204 g/mol. The molecular weight excluding hydrogens is 196 g/mol. The van der Waals surface area contributed by atoms with Gasteiger partial charge in [0.15, 0.2) is 5.44 Å². The first kappa shape index (κ1) is 11.1. The third-order valence-electron chi connectivity index (χ3n) is 0.637. The molecule has 0 rings (SSSR count). The molecule has 11 heavy (non-hydrogen) atoms. The SMILES string of the molecule is CC(O)C(O)SOS(=O)(=O)O. The molecule has 0 bridgehead atoms. The molecule has 3 N–H and O–H groups in total. The van der Waals surface area contributed by atoms with Crippen LogP contribution in [0.5, 0.6) is 0 Å². The van der Waals surface area contributed by atoms with Crippen molar-refractivity contribution in [1.29, 1.82) is 0 Å². The van der Waals surface area contributed by atoms with Crippen LogP contribution in [0.1, 0.15) is 6.92 Å². The summed E-state index contributed by atoms with van der Waals surface area (Å²) in [5.74, 6) is 0. The summed E-state index contributed by atoms with van der Waals surface area (Å²) in [6.07, 6.45) is -1.14. The molecule has 0 saturated heterocycles. The number of aliphatic hydroxyl groups excluding tert-OH is 2. The zero-order valence-electron chi connectivity index (χ0n) is 5.54. The molecule has 0 amide bonds. The summed E-state index contributed by atoms with van der Waals surface area (Å²) in [5, 5.41) is 17.3. The van der Waals surface area contributed by atoms with Gasteiger partial charge in [0, 0.05) is 12.0 Å². The third kappa shape index (κ3) is 6.53. The number of hydrogen-bond acceptors (Lipinski definition) is 6. The summed E-state index contributed by atoms with van der Waals surface area (Å²) >= 11 is 0.0590. The van der Waals surface area contributed by atoms with E-state index in [2.05, 4.69) is 3.63 Å². The molecule has 0 aromatic heterocycles. The van der Waals surface area contributed by atoms with E-state index in [4.69, 9.17) is 14.8 Å². The lowest BCUT2D eigenvalue weighted by Gasteiger charge is -2.09. The highest BCUT2D eigenvalue weighted by Crippen LogP contribution is 2.15. The van der Waals surface area contributed by atoms with Crippen LogP contribution >= 0.6 is 12.0 Å². The van der Waals surface area contributed by atoms with Crippen molar-refractivity contribution in [2.24, 2.45) is 0 Å². The van der Waals surface area contributed by atoms with Crippen LogP contribution in [0, 0.1) is 0 Å². The molecule has 2 atom stereocenters. The maximum absolute atomic E-state index is 9.88. The maximum atomic E-state index is 9.88. The number of rotatable bonds is 4. The largest absolute Gasteiger partial charge is 0.408 e. The highest BCUT2D eigenvalue weighted by Gasteiger charge is 2.16. The Kier molecular flexibility index (Phi) is 4.29. The van der Waals surface area contributed by atoms with Crippen LogP contribution in [0.25, 0.3) is 0 Å². The summed E-state index contributed by atoms with van der Waals surface area (Å²) in [6.45, 7) is 1.24. The third-order valence-corrected chi connectivity index (χ3v) is 2.23. The predicted molar refractivity (Wildman–Crippen MR) is 37.9 cm³/mol. The molecule has 0 aromatic rings. The van der Waals surface area contributed by atoms with Gasteiger partial charge in [-0.2, -0.15) is 12.0 Å². The molecule has 8 heteroatoms. The van der Waals surface area contributed by atoms with Crippen molar-refractivity contribution < 1.29 is 26.8 Å². The van der Waals surface area contributed by atoms with Crippen LogP contribution in [0.4, 0.5) is 0 Å². The molecule has 0 aromatic carbocycles. The minimum atomic E-state index is -4.56. The monoisotopic (exact) mass is 204 g/mol. The second-order valence-corrected chi connectivity index (χ2v) is 3.80. The molecule has 0 aliphatic heterocycles. The molecule has 0 radical (unpaired) electrons. The van der Waals surface area contributed by atoms with Gasteiger partial charge >= 0.3 is 10.4 Å². The fourth-order valence-electron chi connectivity index (χ4n) is 0.170. The van der Waals surface area contributed by atoms with Gasteiger partial charge in [0.1, 0.15) is 0 Å². The van der Waals surface area contributed by atoms with Gasteiger partial charge < -0.3 is 10.2 Å². The van der Waals surface area contributed by atoms with Crippen LogP contribution in [0.3, 0.4) is 0 Å². The van der Waals surface area contributed by atoms with Gasteiger partial charge in [-0.3, -0.25) is 4.55 Å². The van der Waals surface area contributed by atoms with E-state index in [1.54, 1.807) is 0 Å². The van der Waals surface area contributed by atoms with Crippen molar-refractivity contribution in [1.82, 2.24) is 0 Å². The Bertz CT molecular complexity index is 196. The molecule has 0 heterocycles. The fourth-order valence-corrected chi connectivity index (χ4v) is 1.05. The van der Waals surface area contributed by atoms with E-state index in [1.165, 1.54) is 6.92 Å². The molecular formula is C3H8O6S2. The summed E-state index contributed by atoms with van der Waals surface area (Å²) in [5.41, 5.74) is -1.41. The van der Waals surface area contributed by atoms with Crippen molar-refractivity contribution in [3.63, 3.8) is 0 Å². The van der Waals surface area contributed by atoms with E-state index in [9.17, 15) is 8.42 Å². The highest BCUT2D eigenvalue weighted by atomic mass is 32.3. The highest BCUT2D eigenvalue weighted by molar-refractivity contribution is 8.03. The molecule has 0 aliphatic rings. The van der Waals surface area contributed by atoms with E-state index < -0.39 is 21.9 Å². The molecule has 6 nitrogen and oxygen atoms in total. The van der Waals surface area contributed by atoms with E-state index >= 15 is 0 Å². The van der Waals surface area contributed by atoms with Crippen LogP contribution in [-0.2, 0) is 14.0 Å². The smallest absolute Gasteiger partial charge is 0.390 e. The predicted octanol–water partition coefficient (Wildman–Crippen LogP) is -0.847. The van der Waals surface area contributed by atoms with Crippen LogP contribution in [-0.4, -0.2) is 34.7 Å². The van der Waals surface area contributed by atoms with Crippen molar-refractivity contribution in [3.05, 3.63) is 0 Å². The summed E-state index contributed by atoms with van der Waals surface area (Å²) in [4.78, 5) is 0. The van der Waals surface area contributed by atoms with Crippen molar-refractivity contribution in [2.75, 3.05) is 0 Å². The minimum Gasteiger partial charge on any atom is -0.390 e. The van der Waals surface area contributed by atoms with Gasteiger partial charge in [-0.15, -0.1) is 0 Å². The lowest BCUT2D eigenvalue weighted by molar-refractivity contribution is 0.0846. The topological polar surface area (TPSA) is 104 Å². The number of aliphatic hydroxyl groups is 2. The van der Waals surface area contributed by atoms with Crippen molar-refractivity contribution in [2.45, 2.75) is 18.5 Å². The van der Waals surface area contributed by atoms with Gasteiger partial charge in [-0.25, -0.2) is 0 Å². The van der Waals surface area contributed by atoms with E-state index in [0.29, 0.717) is 0 Å². The quantitative estimate of drug-likeness (QED) is 0.311. The second-order valence-electron chi connectivity index (χ2n) is 1.72. The summed E-state index contributed by atoms with van der Waals surface area (Å²) in [7, 11) is -4.56. The van der Waals surface area contributed by atoms with Crippen LogP contribution < -0.4 is 0 Å². The molecule has 0 saturated carbocycles. The summed E-state index contributed by atoms with van der Waals surface area (Å²) < 4.78 is 31.4. The average Bonchev–Trinajstić information content (AvgIpc) is 1.80. The van der Waals surface area contributed by atoms with Gasteiger partial charge in [0.25, 0.3) is 0 Å². The molecule has 0 aliphatic carbocycles. The Morgan fingerprint density at radius 1 is 1.45 bits per heavy atom. The Hall–Kier alpha value is 0.140. The summed E-state index contributed by atoms with van der Waals surface area (Å²) in [6, 6.07) is 0. The maximum Gasteiger partial charge on any atom is 0.408 e. The van der Waals surface area contributed by atoms with E-state index in [-0.39, 0.29) is 12.0 Å². The van der Waals surface area contributed by atoms with Crippen LogP contribution in [0.2, 0.25) is 0 Å². The second kappa shape index (κ2) is 4.24. The van der Waals surface area contributed by atoms with E-state index in [0.717, 1.165) is 0 Å². The van der Waals surface area contributed by atoms with Gasteiger partial charge in [-0.05, 0) is 6.92 Å². The molecule has 0 spiro atoms. The lowest BCUT2D eigenvalue weighted by atomic mass is 10.4. The molecule has 0 fully saturated rings. The zero-order chi connectivity index (χ0) is 9.07. The Balaban J connectivity index is 3.72. The Morgan fingerprint density at radius 3 is 2.18 bits per heavy atom.